The molecule has 0 fully saturated rings. The number of hydrogen-bond donors (Lipinski definition) is 3. The number of aryl methyl sites for hydroxylation is 1. The van der Waals surface area contributed by atoms with Crippen LogP contribution in [0.2, 0.25) is 0 Å². The van der Waals surface area contributed by atoms with E-state index in [9.17, 15) is 14.4 Å². The summed E-state index contributed by atoms with van der Waals surface area (Å²) in [5.41, 5.74) is 5.26. The van der Waals surface area contributed by atoms with E-state index in [1.807, 2.05) is 31.2 Å². The van der Waals surface area contributed by atoms with Crippen molar-refractivity contribution in [2.45, 2.75) is 13.5 Å². The number of amides is 3. The zero-order valence-corrected chi connectivity index (χ0v) is 19.4. The minimum absolute atomic E-state index is 0.227. The Morgan fingerprint density at radius 2 is 1.71 bits per heavy atom. The number of carbonyl (C=O) groups excluding carboxylic acids is 3. The molecule has 0 saturated heterocycles. The van der Waals surface area contributed by atoms with Crippen LogP contribution in [0.4, 0.5) is 5.69 Å². The number of rotatable bonds is 9. The molecule has 3 N–H and O–H groups in total. The Morgan fingerprint density at radius 1 is 0.943 bits per heavy atom. The molecule has 9 heteroatoms. The van der Waals surface area contributed by atoms with Gasteiger partial charge in [-0.05, 0) is 36.8 Å². The van der Waals surface area contributed by atoms with Crippen LogP contribution in [0.25, 0.3) is 0 Å². The van der Waals surface area contributed by atoms with Gasteiger partial charge in [0.1, 0.15) is 11.5 Å². The van der Waals surface area contributed by atoms with Crippen molar-refractivity contribution in [2.24, 2.45) is 5.10 Å². The van der Waals surface area contributed by atoms with Crippen LogP contribution in [-0.4, -0.2) is 37.7 Å². The number of carbonyl (C=O) groups is 3. The highest BCUT2D eigenvalue weighted by Gasteiger charge is 2.12. The maximum absolute atomic E-state index is 12.2. The van der Waals surface area contributed by atoms with E-state index in [1.165, 1.54) is 6.21 Å². The van der Waals surface area contributed by atoms with Crippen molar-refractivity contribution in [1.82, 2.24) is 10.7 Å². The highest BCUT2D eigenvalue weighted by Crippen LogP contribution is 2.18. The molecular weight excluding hydrogens is 448 g/mol. The fraction of sp³-hybridized carbons (Fsp3) is 0.154. The lowest BCUT2D eigenvalue weighted by Gasteiger charge is -2.10. The lowest BCUT2D eigenvalue weighted by Crippen LogP contribution is -2.37. The molecule has 3 aromatic carbocycles. The molecule has 0 atom stereocenters. The molecule has 0 radical (unpaired) electrons. The molecule has 3 rings (SSSR count). The zero-order chi connectivity index (χ0) is 25.0. The van der Waals surface area contributed by atoms with Gasteiger partial charge in [-0.15, -0.1) is 0 Å². The first kappa shape index (κ1) is 25.0. The van der Waals surface area contributed by atoms with E-state index >= 15 is 0 Å². The first-order valence-corrected chi connectivity index (χ1v) is 10.8. The Bertz CT molecular complexity index is 1210. The minimum Gasteiger partial charge on any atom is -0.497 e. The third-order valence-electron chi connectivity index (χ3n) is 4.78. The van der Waals surface area contributed by atoms with Gasteiger partial charge in [-0.2, -0.15) is 5.10 Å². The second-order valence-electron chi connectivity index (χ2n) is 7.47. The summed E-state index contributed by atoms with van der Waals surface area (Å²) < 4.78 is 10.7. The van der Waals surface area contributed by atoms with Crippen LogP contribution < -0.4 is 25.5 Å². The van der Waals surface area contributed by atoms with Gasteiger partial charge in [-0.25, -0.2) is 5.43 Å². The van der Waals surface area contributed by atoms with Crippen molar-refractivity contribution in [3.05, 3.63) is 89.5 Å². The summed E-state index contributed by atoms with van der Waals surface area (Å²) in [6, 6.07) is 21.4. The molecule has 35 heavy (non-hydrogen) atoms. The molecule has 0 aromatic heterocycles. The molecule has 3 aromatic rings. The zero-order valence-electron chi connectivity index (χ0n) is 19.4. The van der Waals surface area contributed by atoms with Crippen LogP contribution >= 0.6 is 0 Å². The Kier molecular flexibility index (Phi) is 8.95. The van der Waals surface area contributed by atoms with Gasteiger partial charge in [-0.1, -0.05) is 48.0 Å². The molecule has 180 valence electrons. The van der Waals surface area contributed by atoms with Crippen LogP contribution in [0.5, 0.6) is 11.5 Å². The third-order valence-corrected chi connectivity index (χ3v) is 4.78. The molecule has 3 amide bonds. The number of benzene rings is 3. The summed E-state index contributed by atoms with van der Waals surface area (Å²) in [6.45, 7) is 1.95. The molecule has 0 aliphatic heterocycles. The summed E-state index contributed by atoms with van der Waals surface area (Å²) in [7, 11) is 1.54. The minimum atomic E-state index is -0.899. The molecular formula is C26H26N4O5. The first-order valence-electron chi connectivity index (χ1n) is 10.8. The predicted octanol–water partition coefficient (Wildman–Crippen LogP) is 2.79. The van der Waals surface area contributed by atoms with E-state index in [0.717, 1.165) is 11.1 Å². The Labute approximate surface area is 203 Å². The molecule has 0 unspecified atom stereocenters. The number of para-hydroxylation sites is 1. The van der Waals surface area contributed by atoms with Crippen molar-refractivity contribution >= 4 is 29.6 Å². The van der Waals surface area contributed by atoms with Gasteiger partial charge >= 0.3 is 11.8 Å². The van der Waals surface area contributed by atoms with Crippen LogP contribution in [0.15, 0.2) is 77.9 Å². The van der Waals surface area contributed by atoms with E-state index in [0.29, 0.717) is 22.7 Å². The summed E-state index contributed by atoms with van der Waals surface area (Å²) >= 11 is 0. The number of hydrogen-bond acceptors (Lipinski definition) is 6. The number of hydrazone groups is 1. The SMILES string of the molecule is COc1cccc(NC(=O)COc2ccccc2/C=N\NC(=O)C(=O)NCc2ccc(C)cc2)c1. The molecule has 0 aliphatic rings. The second kappa shape index (κ2) is 12.5. The highest BCUT2D eigenvalue weighted by molar-refractivity contribution is 6.35. The van der Waals surface area contributed by atoms with Crippen LogP contribution in [0.3, 0.4) is 0 Å². The largest absolute Gasteiger partial charge is 0.497 e. The topological polar surface area (TPSA) is 118 Å². The van der Waals surface area contributed by atoms with Gasteiger partial charge in [0.05, 0.1) is 13.3 Å². The Balaban J connectivity index is 1.49. The van der Waals surface area contributed by atoms with Gasteiger partial charge in [0.15, 0.2) is 6.61 Å². The van der Waals surface area contributed by atoms with Crippen molar-refractivity contribution < 1.29 is 23.9 Å². The van der Waals surface area contributed by atoms with Crippen LogP contribution in [-0.2, 0) is 20.9 Å². The van der Waals surface area contributed by atoms with Crippen molar-refractivity contribution in [3.8, 4) is 11.5 Å². The van der Waals surface area contributed by atoms with E-state index in [-0.39, 0.29) is 19.1 Å². The first-order chi connectivity index (χ1) is 16.9. The van der Waals surface area contributed by atoms with Gasteiger partial charge in [0.2, 0.25) is 0 Å². The normalized spacial score (nSPS) is 10.5. The quantitative estimate of drug-likeness (QED) is 0.250. The van der Waals surface area contributed by atoms with Crippen molar-refractivity contribution in [2.75, 3.05) is 19.0 Å². The Morgan fingerprint density at radius 3 is 2.49 bits per heavy atom. The third kappa shape index (κ3) is 8.01. The molecule has 0 bridgehead atoms. The number of nitrogens with zero attached hydrogens (tertiary/aromatic N) is 1. The highest BCUT2D eigenvalue weighted by atomic mass is 16.5. The fourth-order valence-electron chi connectivity index (χ4n) is 2.94. The number of methoxy groups -OCH3 is 1. The predicted molar refractivity (Wildman–Crippen MR) is 132 cm³/mol. The lowest BCUT2D eigenvalue weighted by atomic mass is 10.1. The maximum atomic E-state index is 12.2. The number of anilines is 1. The van der Waals surface area contributed by atoms with E-state index in [2.05, 4.69) is 21.2 Å². The second-order valence-corrected chi connectivity index (χ2v) is 7.47. The number of nitrogens with one attached hydrogen (secondary N) is 3. The average molecular weight is 475 g/mol. The van der Waals surface area contributed by atoms with Crippen LogP contribution in [0.1, 0.15) is 16.7 Å². The van der Waals surface area contributed by atoms with Gasteiger partial charge in [0, 0.05) is 23.9 Å². The Hall–Kier alpha value is -4.66. The molecule has 0 aliphatic carbocycles. The summed E-state index contributed by atoms with van der Waals surface area (Å²) in [4.78, 5) is 36.2. The maximum Gasteiger partial charge on any atom is 0.329 e. The molecule has 0 heterocycles. The van der Waals surface area contributed by atoms with Gasteiger partial charge in [0.25, 0.3) is 5.91 Å². The molecule has 0 spiro atoms. The number of ether oxygens (including phenoxy) is 2. The van der Waals surface area contributed by atoms with E-state index in [1.54, 1.807) is 55.6 Å². The standard InChI is InChI=1S/C26H26N4O5/c1-18-10-12-19(13-11-18)15-27-25(32)26(33)30-28-16-20-6-3-4-9-23(20)35-17-24(31)29-21-7-5-8-22(14-21)34-2/h3-14,16H,15,17H2,1-2H3,(H,27,32)(H,29,31)(H,30,33)/b28-16-. The van der Waals surface area contributed by atoms with Crippen molar-refractivity contribution in [3.63, 3.8) is 0 Å². The summed E-state index contributed by atoms with van der Waals surface area (Å²) in [6.07, 6.45) is 1.33. The smallest absolute Gasteiger partial charge is 0.329 e. The lowest BCUT2D eigenvalue weighted by molar-refractivity contribution is -0.139. The van der Waals surface area contributed by atoms with Crippen LogP contribution in [0, 0.1) is 6.92 Å². The average Bonchev–Trinajstić information content (AvgIpc) is 2.87. The van der Waals surface area contributed by atoms with E-state index < -0.39 is 11.8 Å². The molecule has 9 nitrogen and oxygen atoms in total. The summed E-state index contributed by atoms with van der Waals surface area (Å²) in [5, 5.41) is 9.08. The monoisotopic (exact) mass is 474 g/mol. The van der Waals surface area contributed by atoms with Gasteiger partial charge < -0.3 is 20.1 Å². The summed E-state index contributed by atoms with van der Waals surface area (Å²) in [5.74, 6) is -1.05. The fourth-order valence-corrected chi connectivity index (χ4v) is 2.94. The van der Waals surface area contributed by atoms with E-state index in [4.69, 9.17) is 9.47 Å². The van der Waals surface area contributed by atoms with Gasteiger partial charge in [-0.3, -0.25) is 14.4 Å². The molecule has 0 saturated carbocycles. The van der Waals surface area contributed by atoms with Crippen molar-refractivity contribution in [1.29, 1.82) is 0 Å².